The Morgan fingerprint density at radius 1 is 0.774 bits per heavy atom. The molecule has 1 amide bonds. The van der Waals surface area contributed by atoms with Crippen molar-refractivity contribution in [3.63, 3.8) is 0 Å². The van der Waals surface area contributed by atoms with Crippen molar-refractivity contribution in [2.24, 2.45) is 11.5 Å². The van der Waals surface area contributed by atoms with Crippen LogP contribution in [-0.4, -0.2) is 125 Å². The molecule has 0 aliphatic heterocycles. The van der Waals surface area contributed by atoms with E-state index in [0.29, 0.717) is 6.54 Å². The van der Waals surface area contributed by atoms with E-state index in [0.717, 1.165) is 4.90 Å². The molecular formula is C16H28N5NaO9. The van der Waals surface area contributed by atoms with E-state index < -0.39 is 61.9 Å². The maximum atomic E-state index is 11.3. The number of hydrogen-bond donors (Lipinski definition) is 5. The van der Waals surface area contributed by atoms with Crippen LogP contribution >= 0.6 is 0 Å². The largest absolute Gasteiger partial charge is 1.00 e. The molecule has 14 nitrogen and oxygen atoms in total. The van der Waals surface area contributed by atoms with Crippen LogP contribution in [0, 0.1) is 0 Å². The normalized spacial score (nSPS) is 11.9. The molecule has 0 aromatic carbocycles. The molecule has 7 N–H and O–H groups in total. The first-order valence-corrected chi connectivity index (χ1v) is 8.99. The van der Waals surface area contributed by atoms with Crippen molar-refractivity contribution in [1.82, 2.24) is 14.7 Å². The monoisotopic (exact) mass is 457 g/mol. The van der Waals surface area contributed by atoms with Gasteiger partial charge in [-0.1, -0.05) is 0 Å². The van der Waals surface area contributed by atoms with E-state index in [-0.39, 0.29) is 62.3 Å². The molecule has 0 bridgehead atoms. The predicted octanol–water partition coefficient (Wildman–Crippen LogP) is -7.90. The quantitative estimate of drug-likeness (QED) is 0.120. The summed E-state index contributed by atoms with van der Waals surface area (Å²) in [6.45, 7) is -0.835. The zero-order valence-corrected chi connectivity index (χ0v) is 19.4. The SMILES string of the molecule is NCCN(CCN(CC(=O)O)CC(=O)O)CCN(CC(=O)O)C(CC(N)=O)C(=O)[O-].[Na+]. The first-order valence-electron chi connectivity index (χ1n) is 8.99. The summed E-state index contributed by atoms with van der Waals surface area (Å²) in [6.07, 6.45) is -0.627. The van der Waals surface area contributed by atoms with Gasteiger partial charge in [0.1, 0.15) is 0 Å². The number of amides is 1. The number of carboxylic acid groups (broad SMARTS) is 4. The molecule has 0 rings (SSSR count). The third kappa shape index (κ3) is 15.6. The third-order valence-electron chi connectivity index (χ3n) is 4.04. The van der Waals surface area contributed by atoms with Crippen LogP contribution < -0.4 is 46.1 Å². The number of rotatable bonds is 18. The van der Waals surface area contributed by atoms with Crippen molar-refractivity contribution >= 4 is 29.8 Å². The number of nitrogens with two attached hydrogens (primary N) is 2. The zero-order valence-electron chi connectivity index (χ0n) is 17.4. The summed E-state index contributed by atoms with van der Waals surface area (Å²) >= 11 is 0. The fourth-order valence-corrected chi connectivity index (χ4v) is 2.74. The van der Waals surface area contributed by atoms with E-state index in [1.165, 1.54) is 4.90 Å². The third-order valence-corrected chi connectivity index (χ3v) is 4.04. The Kier molecular flexibility index (Phi) is 17.0. The van der Waals surface area contributed by atoms with Crippen molar-refractivity contribution < 1.29 is 74.0 Å². The fraction of sp³-hybridized carbons (Fsp3) is 0.688. The second kappa shape index (κ2) is 16.8. The van der Waals surface area contributed by atoms with Crippen LogP contribution in [0.1, 0.15) is 6.42 Å². The second-order valence-electron chi connectivity index (χ2n) is 6.50. The molecule has 1 atom stereocenters. The van der Waals surface area contributed by atoms with E-state index in [9.17, 15) is 29.1 Å². The molecule has 1 unspecified atom stereocenters. The van der Waals surface area contributed by atoms with Gasteiger partial charge < -0.3 is 36.7 Å². The van der Waals surface area contributed by atoms with Gasteiger partial charge in [0.25, 0.3) is 0 Å². The van der Waals surface area contributed by atoms with Gasteiger partial charge in [-0.3, -0.25) is 33.9 Å². The number of carboxylic acids is 4. The number of primary amides is 1. The van der Waals surface area contributed by atoms with Crippen molar-refractivity contribution in [3.05, 3.63) is 0 Å². The molecule has 31 heavy (non-hydrogen) atoms. The van der Waals surface area contributed by atoms with Crippen LogP contribution in [0.5, 0.6) is 0 Å². The Morgan fingerprint density at radius 2 is 1.23 bits per heavy atom. The molecular weight excluding hydrogens is 429 g/mol. The summed E-state index contributed by atoms with van der Waals surface area (Å²) in [4.78, 5) is 59.2. The molecule has 0 spiro atoms. The van der Waals surface area contributed by atoms with Gasteiger partial charge in [0, 0.05) is 45.7 Å². The maximum absolute atomic E-state index is 11.3. The van der Waals surface area contributed by atoms with Crippen LogP contribution in [-0.2, 0) is 24.0 Å². The second-order valence-corrected chi connectivity index (χ2v) is 6.50. The standard InChI is InChI=1S/C16H29N5O9.Na/c17-1-2-19(3-4-20(8-13(23)24)9-14(25)26)5-6-21(10-15(27)28)11(16(29)30)7-12(18)22;/h11H,1-10,17H2,(H2,18,22)(H,23,24)(H,25,26)(H,27,28)(H,29,30);/q;+1/p-1. The maximum Gasteiger partial charge on any atom is 1.00 e. The topological polar surface area (TPSA) is 231 Å². The molecule has 0 heterocycles. The Bertz CT molecular complexity index is 606. The van der Waals surface area contributed by atoms with E-state index in [1.54, 1.807) is 4.90 Å². The van der Waals surface area contributed by atoms with Crippen LogP contribution in [0.3, 0.4) is 0 Å². The fourth-order valence-electron chi connectivity index (χ4n) is 2.74. The average Bonchev–Trinajstić information content (AvgIpc) is 2.59. The summed E-state index contributed by atoms with van der Waals surface area (Å²) < 4.78 is 0. The van der Waals surface area contributed by atoms with Crippen molar-refractivity contribution in [2.45, 2.75) is 12.5 Å². The molecule has 15 heteroatoms. The average molecular weight is 457 g/mol. The first kappa shape index (κ1) is 31.4. The van der Waals surface area contributed by atoms with Gasteiger partial charge in [0.15, 0.2) is 0 Å². The van der Waals surface area contributed by atoms with Crippen LogP contribution in [0.25, 0.3) is 0 Å². The smallest absolute Gasteiger partial charge is 0.548 e. The zero-order chi connectivity index (χ0) is 23.3. The number of aliphatic carboxylic acids is 4. The number of hydrogen-bond acceptors (Lipinski definition) is 10. The molecule has 0 aliphatic rings. The van der Waals surface area contributed by atoms with Gasteiger partial charge >= 0.3 is 47.5 Å². The van der Waals surface area contributed by atoms with Crippen LogP contribution in [0.15, 0.2) is 0 Å². The molecule has 0 aromatic rings. The van der Waals surface area contributed by atoms with Crippen molar-refractivity contribution in [3.8, 4) is 0 Å². The summed E-state index contributed by atoms with van der Waals surface area (Å²) in [5, 5.41) is 38.1. The summed E-state index contributed by atoms with van der Waals surface area (Å²) in [6, 6.07) is -1.53. The number of nitrogens with zero attached hydrogens (tertiary/aromatic N) is 3. The van der Waals surface area contributed by atoms with Gasteiger partial charge in [-0.15, -0.1) is 0 Å². The summed E-state index contributed by atoms with van der Waals surface area (Å²) in [5.74, 6) is -6.29. The van der Waals surface area contributed by atoms with Crippen molar-refractivity contribution in [1.29, 1.82) is 0 Å². The van der Waals surface area contributed by atoms with Crippen molar-refractivity contribution in [2.75, 3.05) is 58.9 Å². The Hall–Kier alpha value is -1.81. The Morgan fingerprint density at radius 3 is 1.61 bits per heavy atom. The molecule has 0 aliphatic carbocycles. The van der Waals surface area contributed by atoms with E-state index in [2.05, 4.69) is 0 Å². The minimum Gasteiger partial charge on any atom is -0.548 e. The number of carbonyl (C=O) groups excluding carboxylic acids is 2. The van der Waals surface area contributed by atoms with Crippen LogP contribution in [0.4, 0.5) is 0 Å². The molecule has 0 aromatic heterocycles. The first-order chi connectivity index (χ1) is 14.0. The Labute approximate surface area is 201 Å². The minimum atomic E-state index is -1.64. The van der Waals surface area contributed by atoms with Gasteiger partial charge in [-0.05, 0) is 0 Å². The molecule has 0 radical (unpaired) electrons. The number of carbonyl (C=O) groups is 5. The molecule has 0 saturated heterocycles. The molecule has 0 saturated carbocycles. The van der Waals surface area contributed by atoms with Gasteiger partial charge in [-0.25, -0.2) is 0 Å². The Balaban J connectivity index is 0. The van der Waals surface area contributed by atoms with Gasteiger partial charge in [-0.2, -0.15) is 0 Å². The summed E-state index contributed by atoms with van der Waals surface area (Å²) in [7, 11) is 0. The predicted molar refractivity (Wildman–Crippen MR) is 99.0 cm³/mol. The van der Waals surface area contributed by atoms with E-state index >= 15 is 0 Å². The molecule has 0 fully saturated rings. The minimum absolute atomic E-state index is 0. The van der Waals surface area contributed by atoms with Gasteiger partial charge in [0.2, 0.25) is 5.91 Å². The van der Waals surface area contributed by atoms with Gasteiger partial charge in [0.05, 0.1) is 31.6 Å². The van der Waals surface area contributed by atoms with Crippen LogP contribution in [0.2, 0.25) is 0 Å². The van der Waals surface area contributed by atoms with E-state index in [1.807, 2.05) is 0 Å². The molecule has 172 valence electrons. The summed E-state index contributed by atoms with van der Waals surface area (Å²) in [5.41, 5.74) is 10.6. The van der Waals surface area contributed by atoms with E-state index in [4.69, 9.17) is 26.8 Å².